The third-order valence-corrected chi connectivity index (χ3v) is 10.3. The first-order valence-corrected chi connectivity index (χ1v) is 16.2. The van der Waals surface area contributed by atoms with Crippen molar-refractivity contribution in [3.63, 3.8) is 0 Å². The molecule has 11 nitrogen and oxygen atoms in total. The number of carbonyl (C=O) groups is 6. The molecule has 232 valence electrons. The van der Waals surface area contributed by atoms with Crippen LogP contribution in [0.25, 0.3) is 0 Å². The van der Waals surface area contributed by atoms with Crippen molar-refractivity contribution in [1.82, 2.24) is 26.2 Å². The SMILES string of the molecule is CCC[C@@H](C(=O)N[C@@H](C[C@@H]1CCNC1=O)C(=O)C(=O)NC1CC1)N(C)C(=O)[C@H](NC(=O)C1CC2CC1C2)C1CCCC1. The monoisotopic (exact) mass is 585 g/mol. The summed E-state index contributed by atoms with van der Waals surface area (Å²) in [7, 11) is 1.59. The molecule has 1 saturated heterocycles. The van der Waals surface area contributed by atoms with E-state index in [0.29, 0.717) is 37.6 Å². The Bertz CT molecular complexity index is 1080. The van der Waals surface area contributed by atoms with E-state index in [1.165, 1.54) is 4.90 Å². The summed E-state index contributed by atoms with van der Waals surface area (Å²) in [5.41, 5.74) is 0. The molecule has 5 atom stereocenters. The number of nitrogens with zero attached hydrogens (tertiary/aromatic N) is 1. The third-order valence-electron chi connectivity index (χ3n) is 10.3. The van der Waals surface area contributed by atoms with Gasteiger partial charge in [-0.2, -0.15) is 0 Å². The van der Waals surface area contributed by atoms with Crippen molar-refractivity contribution in [3.8, 4) is 0 Å². The van der Waals surface area contributed by atoms with Crippen molar-refractivity contribution < 1.29 is 28.8 Å². The zero-order valence-electron chi connectivity index (χ0n) is 25.0. The van der Waals surface area contributed by atoms with Crippen LogP contribution in [-0.2, 0) is 28.8 Å². The normalized spacial score (nSPS) is 28.7. The molecule has 6 aliphatic rings. The van der Waals surface area contributed by atoms with Crippen molar-refractivity contribution in [2.75, 3.05) is 13.6 Å². The van der Waals surface area contributed by atoms with Crippen LogP contribution in [0.4, 0.5) is 0 Å². The van der Waals surface area contributed by atoms with Crippen LogP contribution < -0.4 is 21.3 Å². The maximum Gasteiger partial charge on any atom is 0.289 e. The topological polar surface area (TPSA) is 154 Å². The van der Waals surface area contributed by atoms with Crippen molar-refractivity contribution in [3.05, 3.63) is 0 Å². The molecule has 1 heterocycles. The van der Waals surface area contributed by atoms with Crippen LogP contribution in [0.5, 0.6) is 0 Å². The van der Waals surface area contributed by atoms with Gasteiger partial charge in [-0.25, -0.2) is 0 Å². The molecule has 1 unspecified atom stereocenters. The van der Waals surface area contributed by atoms with Gasteiger partial charge in [0.1, 0.15) is 12.1 Å². The van der Waals surface area contributed by atoms with Gasteiger partial charge in [0.2, 0.25) is 29.4 Å². The molecule has 0 radical (unpaired) electrons. The van der Waals surface area contributed by atoms with E-state index >= 15 is 0 Å². The molecule has 42 heavy (non-hydrogen) atoms. The van der Waals surface area contributed by atoms with Gasteiger partial charge in [-0.1, -0.05) is 26.2 Å². The summed E-state index contributed by atoms with van der Waals surface area (Å²) in [6, 6.07) is -2.78. The van der Waals surface area contributed by atoms with Crippen molar-refractivity contribution >= 4 is 35.3 Å². The second-order valence-electron chi connectivity index (χ2n) is 13.4. The van der Waals surface area contributed by atoms with Crippen molar-refractivity contribution in [1.29, 1.82) is 0 Å². The number of nitrogens with one attached hydrogen (secondary N) is 4. The minimum atomic E-state index is -1.17. The summed E-state index contributed by atoms with van der Waals surface area (Å²) in [5.74, 6) is -2.05. The second kappa shape index (κ2) is 13.1. The molecule has 5 saturated carbocycles. The lowest BCUT2D eigenvalue weighted by Crippen LogP contribution is -2.59. The maximum atomic E-state index is 14.0. The number of hydrogen-bond acceptors (Lipinski definition) is 6. The van der Waals surface area contributed by atoms with Gasteiger partial charge in [0.25, 0.3) is 5.91 Å². The summed E-state index contributed by atoms with van der Waals surface area (Å²) in [6.45, 7) is 2.40. The zero-order valence-corrected chi connectivity index (χ0v) is 25.0. The van der Waals surface area contributed by atoms with Crippen LogP contribution >= 0.6 is 0 Å². The van der Waals surface area contributed by atoms with Gasteiger partial charge in [-0.3, -0.25) is 28.8 Å². The van der Waals surface area contributed by atoms with Crippen molar-refractivity contribution in [2.45, 2.75) is 115 Å². The summed E-state index contributed by atoms with van der Waals surface area (Å²) < 4.78 is 0. The molecule has 5 amide bonds. The Kier molecular flexibility index (Phi) is 9.52. The number of Topliss-reactive ketones (excluding diaryl/α,β-unsaturated/α-hetero) is 1. The van der Waals surface area contributed by atoms with Crippen molar-refractivity contribution in [2.24, 2.45) is 29.6 Å². The second-order valence-corrected chi connectivity index (χ2v) is 13.4. The highest BCUT2D eigenvalue weighted by atomic mass is 16.2. The van der Waals surface area contributed by atoms with E-state index < -0.39 is 41.6 Å². The number of fused-ring (bicyclic) bond motifs is 1. The number of rotatable bonds is 14. The molecule has 0 aromatic carbocycles. The quantitative estimate of drug-likeness (QED) is 0.225. The summed E-state index contributed by atoms with van der Waals surface area (Å²) in [5, 5.41) is 11.3. The van der Waals surface area contributed by atoms with E-state index in [4.69, 9.17) is 0 Å². The van der Waals surface area contributed by atoms with Gasteiger partial charge in [0.15, 0.2) is 0 Å². The van der Waals surface area contributed by atoms with Crippen LogP contribution in [0.15, 0.2) is 0 Å². The summed E-state index contributed by atoms with van der Waals surface area (Å²) in [4.78, 5) is 80.6. The van der Waals surface area contributed by atoms with Crippen LogP contribution in [0.2, 0.25) is 0 Å². The van der Waals surface area contributed by atoms with Crippen LogP contribution in [0.1, 0.15) is 90.4 Å². The molecule has 6 rings (SSSR count). The molecule has 2 bridgehead atoms. The molecule has 0 aromatic rings. The highest BCUT2D eigenvalue weighted by Gasteiger charge is 2.49. The predicted molar refractivity (Wildman–Crippen MR) is 154 cm³/mol. The van der Waals surface area contributed by atoms with E-state index in [-0.39, 0.29) is 42.0 Å². The van der Waals surface area contributed by atoms with Gasteiger partial charge in [0.05, 0.1) is 6.04 Å². The lowest BCUT2D eigenvalue weighted by molar-refractivity contribution is -0.145. The lowest BCUT2D eigenvalue weighted by Gasteiger charge is -2.34. The number of amides is 5. The first-order valence-electron chi connectivity index (χ1n) is 16.2. The van der Waals surface area contributed by atoms with E-state index in [2.05, 4.69) is 21.3 Å². The summed E-state index contributed by atoms with van der Waals surface area (Å²) >= 11 is 0. The van der Waals surface area contributed by atoms with Gasteiger partial charge in [-0.05, 0) is 82.0 Å². The smallest absolute Gasteiger partial charge is 0.289 e. The minimum Gasteiger partial charge on any atom is -0.356 e. The standard InChI is InChI=1S/C31H47N5O6/c1-3-6-24(29(40)34-23(16-19-11-12-32-27(19)38)26(37)30(41)33-21-9-10-21)36(2)31(42)25(18-7-4-5-8-18)35-28(39)22-15-17-13-20(22)14-17/h17-25H,3-16H2,1-2H3,(H,32,38)(H,33,41)(H,34,40)(H,35,39)/t17?,19-,20?,22?,23-,24-,25+/m0/s1. The molecule has 5 aliphatic carbocycles. The molecule has 4 N–H and O–H groups in total. The molecular weight excluding hydrogens is 538 g/mol. The van der Waals surface area contributed by atoms with E-state index in [0.717, 1.165) is 57.8 Å². The van der Waals surface area contributed by atoms with E-state index in [9.17, 15) is 28.8 Å². The van der Waals surface area contributed by atoms with Crippen LogP contribution in [0.3, 0.4) is 0 Å². The summed E-state index contributed by atoms with van der Waals surface area (Å²) in [6.07, 6.45) is 9.91. The van der Waals surface area contributed by atoms with Crippen LogP contribution in [-0.4, -0.2) is 78.0 Å². The Morgan fingerprint density at radius 3 is 2.26 bits per heavy atom. The first-order chi connectivity index (χ1) is 20.2. The Balaban J connectivity index is 1.29. The Hall–Kier alpha value is -2.98. The minimum absolute atomic E-state index is 0.0203. The Morgan fingerprint density at radius 2 is 1.69 bits per heavy atom. The fourth-order valence-electron chi connectivity index (χ4n) is 7.56. The largest absolute Gasteiger partial charge is 0.356 e. The van der Waals surface area contributed by atoms with Gasteiger partial charge in [0, 0.05) is 31.5 Å². The molecular formula is C31H47N5O6. The number of hydrogen-bond donors (Lipinski definition) is 4. The molecule has 11 heteroatoms. The van der Waals surface area contributed by atoms with E-state index in [1.54, 1.807) is 7.05 Å². The van der Waals surface area contributed by atoms with Crippen LogP contribution in [0, 0.1) is 29.6 Å². The zero-order chi connectivity index (χ0) is 30.0. The van der Waals surface area contributed by atoms with Gasteiger partial charge < -0.3 is 26.2 Å². The maximum absolute atomic E-state index is 14.0. The van der Waals surface area contributed by atoms with Gasteiger partial charge >= 0.3 is 0 Å². The Morgan fingerprint density at radius 1 is 0.976 bits per heavy atom. The molecule has 6 fully saturated rings. The number of carbonyl (C=O) groups excluding carboxylic acids is 6. The fraction of sp³-hybridized carbons (Fsp3) is 0.806. The molecule has 0 spiro atoms. The third kappa shape index (κ3) is 6.80. The highest BCUT2D eigenvalue weighted by molar-refractivity contribution is 6.38. The highest BCUT2D eigenvalue weighted by Crippen LogP contribution is 2.52. The fourth-order valence-corrected chi connectivity index (χ4v) is 7.56. The molecule has 1 aliphatic heterocycles. The molecule has 0 aromatic heterocycles. The number of likely N-dealkylation sites (N-methyl/N-ethyl adjacent to an activating group) is 1. The average Bonchev–Trinajstić information content (AvgIpc) is 3.39. The number of ketones is 1. The first kappa shape index (κ1) is 30.5. The predicted octanol–water partition coefficient (Wildman–Crippen LogP) is 1.19. The average molecular weight is 586 g/mol. The van der Waals surface area contributed by atoms with E-state index in [1.807, 2.05) is 6.92 Å². The Labute approximate surface area is 248 Å². The van der Waals surface area contributed by atoms with Gasteiger partial charge in [-0.15, -0.1) is 0 Å². The lowest BCUT2D eigenvalue weighted by atomic mass is 9.82.